The molecule has 1 amide bonds. The molecule has 6 heteroatoms. The SMILES string of the molecule is CC1CCCN(C(=O)c2ccnc(NCc3cccnc3)n2)C1. The van der Waals surface area contributed by atoms with E-state index < -0.39 is 0 Å². The van der Waals surface area contributed by atoms with Crippen LogP contribution >= 0.6 is 0 Å². The molecule has 120 valence electrons. The van der Waals surface area contributed by atoms with Crippen LogP contribution < -0.4 is 5.32 Å². The van der Waals surface area contributed by atoms with Crippen LogP contribution in [0.5, 0.6) is 0 Å². The molecular weight excluding hydrogens is 290 g/mol. The van der Waals surface area contributed by atoms with Crippen molar-refractivity contribution in [2.24, 2.45) is 5.92 Å². The van der Waals surface area contributed by atoms with E-state index in [2.05, 4.69) is 27.2 Å². The van der Waals surface area contributed by atoms with Gasteiger partial charge in [-0.3, -0.25) is 9.78 Å². The first-order valence-corrected chi connectivity index (χ1v) is 7.97. The van der Waals surface area contributed by atoms with Crippen LogP contribution in [-0.2, 0) is 6.54 Å². The van der Waals surface area contributed by atoms with Crippen molar-refractivity contribution in [1.29, 1.82) is 0 Å². The van der Waals surface area contributed by atoms with Gasteiger partial charge in [-0.15, -0.1) is 0 Å². The maximum absolute atomic E-state index is 12.6. The topological polar surface area (TPSA) is 71.0 Å². The molecule has 2 aromatic heterocycles. The zero-order valence-corrected chi connectivity index (χ0v) is 13.3. The van der Waals surface area contributed by atoms with Crippen molar-refractivity contribution in [3.63, 3.8) is 0 Å². The molecule has 1 saturated heterocycles. The number of amides is 1. The molecule has 1 aliphatic heterocycles. The van der Waals surface area contributed by atoms with Crippen molar-refractivity contribution in [3.8, 4) is 0 Å². The highest BCUT2D eigenvalue weighted by molar-refractivity contribution is 5.92. The molecule has 3 rings (SSSR count). The summed E-state index contributed by atoms with van der Waals surface area (Å²) in [4.78, 5) is 27.1. The summed E-state index contributed by atoms with van der Waals surface area (Å²) in [7, 11) is 0. The smallest absolute Gasteiger partial charge is 0.272 e. The average molecular weight is 311 g/mol. The number of anilines is 1. The first-order valence-electron chi connectivity index (χ1n) is 7.97. The van der Waals surface area contributed by atoms with E-state index in [0.29, 0.717) is 24.1 Å². The van der Waals surface area contributed by atoms with Crippen LogP contribution in [0.2, 0.25) is 0 Å². The lowest BCUT2D eigenvalue weighted by molar-refractivity contribution is 0.0677. The second kappa shape index (κ2) is 7.17. The van der Waals surface area contributed by atoms with Crippen molar-refractivity contribution in [3.05, 3.63) is 48.0 Å². The third-order valence-electron chi connectivity index (χ3n) is 3.99. The van der Waals surface area contributed by atoms with E-state index in [4.69, 9.17) is 0 Å². The van der Waals surface area contributed by atoms with Gasteiger partial charge in [0, 0.05) is 38.2 Å². The number of piperidine rings is 1. The molecule has 1 N–H and O–H groups in total. The highest BCUT2D eigenvalue weighted by Gasteiger charge is 2.23. The quantitative estimate of drug-likeness (QED) is 0.938. The van der Waals surface area contributed by atoms with Gasteiger partial charge in [-0.25, -0.2) is 9.97 Å². The maximum Gasteiger partial charge on any atom is 0.272 e. The number of hydrogen-bond donors (Lipinski definition) is 1. The molecular formula is C17H21N5O. The fourth-order valence-electron chi connectivity index (χ4n) is 2.78. The molecule has 2 aromatic rings. The number of hydrogen-bond acceptors (Lipinski definition) is 5. The van der Waals surface area contributed by atoms with Gasteiger partial charge in [0.1, 0.15) is 5.69 Å². The summed E-state index contributed by atoms with van der Waals surface area (Å²) >= 11 is 0. The largest absolute Gasteiger partial charge is 0.350 e. The lowest BCUT2D eigenvalue weighted by Gasteiger charge is -2.30. The number of carbonyl (C=O) groups is 1. The highest BCUT2D eigenvalue weighted by atomic mass is 16.2. The Morgan fingerprint density at radius 2 is 2.30 bits per heavy atom. The van der Waals surface area contributed by atoms with Crippen LogP contribution in [0.15, 0.2) is 36.8 Å². The highest BCUT2D eigenvalue weighted by Crippen LogP contribution is 2.17. The molecule has 0 spiro atoms. The molecule has 1 aliphatic rings. The van der Waals surface area contributed by atoms with E-state index in [1.54, 1.807) is 24.7 Å². The fraction of sp³-hybridized carbons (Fsp3) is 0.412. The van der Waals surface area contributed by atoms with Crippen molar-refractivity contribution >= 4 is 11.9 Å². The Labute approximate surface area is 136 Å². The molecule has 23 heavy (non-hydrogen) atoms. The zero-order chi connectivity index (χ0) is 16.1. The maximum atomic E-state index is 12.6. The molecule has 1 fully saturated rings. The third-order valence-corrected chi connectivity index (χ3v) is 3.99. The number of nitrogens with zero attached hydrogens (tertiary/aromatic N) is 4. The second-order valence-electron chi connectivity index (χ2n) is 5.98. The van der Waals surface area contributed by atoms with Gasteiger partial charge in [-0.2, -0.15) is 0 Å². The molecule has 0 aliphatic carbocycles. The Morgan fingerprint density at radius 1 is 1.39 bits per heavy atom. The summed E-state index contributed by atoms with van der Waals surface area (Å²) in [6.45, 7) is 4.37. The predicted molar refractivity (Wildman–Crippen MR) is 87.9 cm³/mol. The van der Waals surface area contributed by atoms with Gasteiger partial charge in [0.25, 0.3) is 5.91 Å². The number of aromatic nitrogens is 3. The van der Waals surface area contributed by atoms with Crippen molar-refractivity contribution < 1.29 is 4.79 Å². The van der Waals surface area contributed by atoms with Crippen molar-refractivity contribution in [1.82, 2.24) is 19.9 Å². The summed E-state index contributed by atoms with van der Waals surface area (Å²) in [6, 6.07) is 5.54. The Balaban J connectivity index is 1.66. The van der Waals surface area contributed by atoms with Crippen molar-refractivity contribution in [2.75, 3.05) is 18.4 Å². The molecule has 3 heterocycles. The minimum Gasteiger partial charge on any atom is -0.350 e. The van der Waals surface area contributed by atoms with E-state index in [-0.39, 0.29) is 5.91 Å². The van der Waals surface area contributed by atoms with Crippen LogP contribution in [0.25, 0.3) is 0 Å². The number of nitrogens with one attached hydrogen (secondary N) is 1. The molecule has 1 unspecified atom stereocenters. The average Bonchev–Trinajstić information content (AvgIpc) is 2.60. The second-order valence-corrected chi connectivity index (χ2v) is 5.98. The van der Waals surface area contributed by atoms with E-state index in [1.165, 1.54) is 6.42 Å². The third kappa shape index (κ3) is 4.03. The van der Waals surface area contributed by atoms with Gasteiger partial charge in [-0.05, 0) is 36.5 Å². The predicted octanol–water partition coefficient (Wildman–Crippen LogP) is 2.36. The number of carbonyl (C=O) groups excluding carboxylic acids is 1. The summed E-state index contributed by atoms with van der Waals surface area (Å²) < 4.78 is 0. The minimum atomic E-state index is -0.0108. The molecule has 0 saturated carbocycles. The van der Waals surface area contributed by atoms with Gasteiger partial charge in [0.15, 0.2) is 0 Å². The van der Waals surface area contributed by atoms with E-state index >= 15 is 0 Å². The van der Waals surface area contributed by atoms with Gasteiger partial charge in [0.2, 0.25) is 5.95 Å². The Bertz CT molecular complexity index is 661. The van der Waals surface area contributed by atoms with E-state index in [0.717, 1.165) is 25.1 Å². The Kier molecular flexibility index (Phi) is 4.80. The number of likely N-dealkylation sites (tertiary alicyclic amines) is 1. The normalized spacial score (nSPS) is 17.8. The van der Waals surface area contributed by atoms with Crippen LogP contribution in [-0.4, -0.2) is 38.8 Å². The molecule has 0 aromatic carbocycles. The number of rotatable bonds is 4. The number of pyridine rings is 1. The lowest BCUT2D eigenvalue weighted by Crippen LogP contribution is -2.39. The molecule has 6 nitrogen and oxygen atoms in total. The van der Waals surface area contributed by atoms with Crippen LogP contribution in [0.4, 0.5) is 5.95 Å². The summed E-state index contributed by atoms with van der Waals surface area (Å²) in [5.41, 5.74) is 1.49. The first-order chi connectivity index (χ1) is 11.2. The molecule has 0 bridgehead atoms. The van der Waals surface area contributed by atoms with Gasteiger partial charge < -0.3 is 10.2 Å². The monoisotopic (exact) mass is 311 g/mol. The lowest BCUT2D eigenvalue weighted by atomic mass is 10.00. The fourth-order valence-corrected chi connectivity index (χ4v) is 2.78. The summed E-state index contributed by atoms with van der Waals surface area (Å²) in [6.07, 6.45) is 7.39. The standard InChI is InChI=1S/C17H21N5O/c1-13-4-3-9-22(12-13)16(23)15-6-8-19-17(21-15)20-11-14-5-2-7-18-10-14/h2,5-8,10,13H,3-4,9,11-12H2,1H3,(H,19,20,21). The van der Waals surface area contributed by atoms with Crippen LogP contribution in [0.1, 0.15) is 35.8 Å². The van der Waals surface area contributed by atoms with Crippen molar-refractivity contribution in [2.45, 2.75) is 26.3 Å². The Hall–Kier alpha value is -2.50. The van der Waals surface area contributed by atoms with Gasteiger partial charge in [0.05, 0.1) is 0 Å². The minimum absolute atomic E-state index is 0.0108. The van der Waals surface area contributed by atoms with Gasteiger partial charge >= 0.3 is 0 Å². The van der Waals surface area contributed by atoms with Crippen LogP contribution in [0.3, 0.4) is 0 Å². The van der Waals surface area contributed by atoms with E-state index in [9.17, 15) is 4.79 Å². The summed E-state index contributed by atoms with van der Waals surface area (Å²) in [5, 5.41) is 3.13. The molecule has 1 atom stereocenters. The first kappa shape index (κ1) is 15.4. The van der Waals surface area contributed by atoms with E-state index in [1.807, 2.05) is 17.0 Å². The molecule has 0 radical (unpaired) electrons. The summed E-state index contributed by atoms with van der Waals surface area (Å²) in [5.74, 6) is 1.01. The van der Waals surface area contributed by atoms with Gasteiger partial charge in [-0.1, -0.05) is 13.0 Å². The zero-order valence-electron chi connectivity index (χ0n) is 13.3. The Morgan fingerprint density at radius 3 is 3.09 bits per heavy atom. The van der Waals surface area contributed by atoms with Crippen LogP contribution in [0, 0.1) is 5.92 Å².